The number of guanidine groups is 1. The van der Waals surface area contributed by atoms with Crippen LogP contribution in [0.15, 0.2) is 59.6 Å². The standard InChI is InChI=1S/C17H20N4O.HI/c1-19-16(22)15-9-7-14(8-10-15)12-21-17(18)20-11-13-5-3-2-4-6-13;/h2-10H,11-12H2,1H3,(H,19,22)(H3,18,20,21);1H. The van der Waals surface area contributed by atoms with Crippen molar-refractivity contribution >= 4 is 35.8 Å². The highest BCUT2D eigenvalue weighted by molar-refractivity contribution is 14.0. The maximum atomic E-state index is 11.4. The largest absolute Gasteiger partial charge is 0.370 e. The quantitative estimate of drug-likeness (QED) is 0.392. The van der Waals surface area contributed by atoms with Crippen molar-refractivity contribution in [3.63, 3.8) is 0 Å². The van der Waals surface area contributed by atoms with Gasteiger partial charge in [-0.15, -0.1) is 24.0 Å². The summed E-state index contributed by atoms with van der Waals surface area (Å²) >= 11 is 0. The van der Waals surface area contributed by atoms with Gasteiger partial charge in [-0.2, -0.15) is 0 Å². The lowest BCUT2D eigenvalue weighted by Crippen LogP contribution is -2.31. The van der Waals surface area contributed by atoms with Crippen LogP contribution in [-0.4, -0.2) is 18.9 Å². The first-order valence-corrected chi connectivity index (χ1v) is 7.08. The first-order valence-electron chi connectivity index (χ1n) is 7.08. The molecule has 0 aliphatic rings. The SMILES string of the molecule is CNC(=O)c1ccc(CNC(N)=NCc2ccccc2)cc1.I. The number of rotatable bonds is 5. The maximum absolute atomic E-state index is 11.4. The Balaban J connectivity index is 0.00000264. The zero-order chi connectivity index (χ0) is 15.8. The monoisotopic (exact) mass is 424 g/mol. The zero-order valence-electron chi connectivity index (χ0n) is 13.0. The Morgan fingerprint density at radius 1 is 1.04 bits per heavy atom. The van der Waals surface area contributed by atoms with Crippen LogP contribution in [0.4, 0.5) is 0 Å². The molecule has 0 aliphatic carbocycles. The molecule has 0 unspecified atom stereocenters. The van der Waals surface area contributed by atoms with E-state index in [1.54, 1.807) is 19.2 Å². The summed E-state index contributed by atoms with van der Waals surface area (Å²) in [5.74, 6) is 0.308. The highest BCUT2D eigenvalue weighted by atomic mass is 127. The van der Waals surface area contributed by atoms with E-state index in [1.165, 1.54) is 0 Å². The second-order valence-corrected chi connectivity index (χ2v) is 4.82. The van der Waals surface area contributed by atoms with Gasteiger partial charge in [-0.3, -0.25) is 4.79 Å². The fourth-order valence-electron chi connectivity index (χ4n) is 1.93. The second-order valence-electron chi connectivity index (χ2n) is 4.82. The average molecular weight is 424 g/mol. The molecule has 122 valence electrons. The number of carbonyl (C=O) groups is 1. The van der Waals surface area contributed by atoms with Crippen LogP contribution in [0.1, 0.15) is 21.5 Å². The van der Waals surface area contributed by atoms with E-state index in [2.05, 4.69) is 15.6 Å². The normalized spacial score (nSPS) is 10.6. The van der Waals surface area contributed by atoms with Crippen molar-refractivity contribution in [2.24, 2.45) is 10.7 Å². The number of benzene rings is 2. The number of nitrogens with two attached hydrogens (primary N) is 1. The van der Waals surface area contributed by atoms with Gasteiger partial charge < -0.3 is 16.4 Å². The van der Waals surface area contributed by atoms with E-state index >= 15 is 0 Å². The average Bonchev–Trinajstić information content (AvgIpc) is 2.58. The van der Waals surface area contributed by atoms with Crippen molar-refractivity contribution in [3.8, 4) is 0 Å². The summed E-state index contributed by atoms with van der Waals surface area (Å²) < 4.78 is 0. The minimum absolute atomic E-state index is 0. The molecule has 0 aliphatic heterocycles. The predicted molar refractivity (Wildman–Crippen MR) is 104 cm³/mol. The van der Waals surface area contributed by atoms with Crippen LogP contribution in [0.2, 0.25) is 0 Å². The van der Waals surface area contributed by atoms with Crippen molar-refractivity contribution in [1.82, 2.24) is 10.6 Å². The molecular formula is C17H21IN4O. The molecule has 0 saturated heterocycles. The van der Waals surface area contributed by atoms with Gasteiger partial charge in [0.15, 0.2) is 5.96 Å². The van der Waals surface area contributed by atoms with Gasteiger partial charge in [0.2, 0.25) is 0 Å². The Hall–Kier alpha value is -2.09. The van der Waals surface area contributed by atoms with Gasteiger partial charge in [0.1, 0.15) is 0 Å². The molecule has 23 heavy (non-hydrogen) atoms. The van der Waals surface area contributed by atoms with E-state index in [-0.39, 0.29) is 29.9 Å². The van der Waals surface area contributed by atoms with Crippen LogP contribution in [0, 0.1) is 0 Å². The van der Waals surface area contributed by atoms with Gasteiger partial charge in [-0.05, 0) is 23.3 Å². The lowest BCUT2D eigenvalue weighted by Gasteiger charge is -2.07. The van der Waals surface area contributed by atoms with Crippen LogP contribution < -0.4 is 16.4 Å². The van der Waals surface area contributed by atoms with E-state index in [0.717, 1.165) is 11.1 Å². The smallest absolute Gasteiger partial charge is 0.251 e. The highest BCUT2D eigenvalue weighted by Crippen LogP contribution is 2.04. The Kier molecular flexibility index (Phi) is 8.10. The van der Waals surface area contributed by atoms with E-state index in [0.29, 0.717) is 24.6 Å². The maximum Gasteiger partial charge on any atom is 0.251 e. The molecule has 0 bridgehead atoms. The number of aliphatic imine (C=N–C) groups is 1. The third-order valence-corrected chi connectivity index (χ3v) is 3.19. The molecule has 4 N–H and O–H groups in total. The molecule has 0 radical (unpaired) electrons. The van der Waals surface area contributed by atoms with Crippen LogP contribution >= 0.6 is 24.0 Å². The topological polar surface area (TPSA) is 79.5 Å². The van der Waals surface area contributed by atoms with Crippen molar-refractivity contribution in [3.05, 3.63) is 71.3 Å². The Morgan fingerprint density at radius 3 is 2.30 bits per heavy atom. The summed E-state index contributed by atoms with van der Waals surface area (Å²) in [6.45, 7) is 1.12. The minimum atomic E-state index is -0.0940. The van der Waals surface area contributed by atoms with Gasteiger partial charge >= 0.3 is 0 Å². The number of halogens is 1. The van der Waals surface area contributed by atoms with Gasteiger partial charge in [0.25, 0.3) is 5.91 Å². The molecule has 0 saturated carbocycles. The van der Waals surface area contributed by atoms with E-state index in [9.17, 15) is 4.79 Å². The molecule has 0 aromatic heterocycles. The first-order chi connectivity index (χ1) is 10.7. The number of carbonyl (C=O) groups excluding carboxylic acids is 1. The molecular weight excluding hydrogens is 403 g/mol. The number of amides is 1. The molecule has 2 rings (SSSR count). The van der Waals surface area contributed by atoms with Crippen molar-refractivity contribution < 1.29 is 4.79 Å². The fraction of sp³-hybridized carbons (Fsp3) is 0.176. The summed E-state index contributed by atoms with van der Waals surface area (Å²) in [4.78, 5) is 15.7. The fourth-order valence-corrected chi connectivity index (χ4v) is 1.93. The van der Waals surface area contributed by atoms with Crippen LogP contribution in [0.25, 0.3) is 0 Å². The van der Waals surface area contributed by atoms with E-state index in [1.807, 2.05) is 42.5 Å². The lowest BCUT2D eigenvalue weighted by atomic mass is 10.1. The molecule has 0 atom stereocenters. The molecule has 2 aromatic rings. The van der Waals surface area contributed by atoms with Gasteiger partial charge in [-0.1, -0.05) is 42.5 Å². The van der Waals surface area contributed by atoms with Crippen LogP contribution in [-0.2, 0) is 13.1 Å². The number of hydrogen-bond acceptors (Lipinski definition) is 2. The summed E-state index contributed by atoms with van der Waals surface area (Å²) in [5.41, 5.74) is 8.63. The summed E-state index contributed by atoms with van der Waals surface area (Å²) in [6.07, 6.45) is 0. The van der Waals surface area contributed by atoms with Crippen molar-refractivity contribution in [2.75, 3.05) is 7.05 Å². The molecule has 5 nitrogen and oxygen atoms in total. The molecule has 0 spiro atoms. The second kappa shape index (κ2) is 9.83. The van der Waals surface area contributed by atoms with Gasteiger partial charge in [-0.25, -0.2) is 4.99 Å². The number of hydrogen-bond donors (Lipinski definition) is 3. The van der Waals surface area contributed by atoms with Crippen LogP contribution in [0.5, 0.6) is 0 Å². The molecule has 0 fully saturated rings. The number of nitrogens with zero attached hydrogens (tertiary/aromatic N) is 1. The predicted octanol–water partition coefficient (Wildman–Crippen LogP) is 2.27. The summed E-state index contributed by atoms with van der Waals surface area (Å²) in [7, 11) is 1.61. The molecule has 6 heteroatoms. The van der Waals surface area contributed by atoms with Gasteiger partial charge in [0.05, 0.1) is 6.54 Å². The van der Waals surface area contributed by atoms with Crippen LogP contribution in [0.3, 0.4) is 0 Å². The molecule has 2 aromatic carbocycles. The first kappa shape index (κ1) is 19.0. The minimum Gasteiger partial charge on any atom is -0.370 e. The lowest BCUT2D eigenvalue weighted by molar-refractivity contribution is 0.0963. The van der Waals surface area contributed by atoms with E-state index < -0.39 is 0 Å². The molecule has 0 heterocycles. The third kappa shape index (κ3) is 6.27. The Morgan fingerprint density at radius 2 is 1.70 bits per heavy atom. The Bertz CT molecular complexity index is 641. The summed E-state index contributed by atoms with van der Waals surface area (Å²) in [5, 5.41) is 5.65. The van der Waals surface area contributed by atoms with Gasteiger partial charge in [0, 0.05) is 19.2 Å². The molecule has 1 amide bonds. The third-order valence-electron chi connectivity index (χ3n) is 3.19. The van der Waals surface area contributed by atoms with Crippen molar-refractivity contribution in [2.45, 2.75) is 13.1 Å². The Labute approximate surface area is 153 Å². The number of nitrogens with one attached hydrogen (secondary N) is 2. The van der Waals surface area contributed by atoms with E-state index in [4.69, 9.17) is 5.73 Å². The zero-order valence-corrected chi connectivity index (χ0v) is 15.3. The highest BCUT2D eigenvalue weighted by Gasteiger charge is 2.02. The summed E-state index contributed by atoms with van der Waals surface area (Å²) in [6, 6.07) is 17.3. The van der Waals surface area contributed by atoms with Crippen molar-refractivity contribution in [1.29, 1.82) is 0 Å².